The molecule has 2 aliphatic rings. The van der Waals surface area contributed by atoms with Gasteiger partial charge in [0.05, 0.1) is 0 Å². The van der Waals surface area contributed by atoms with Crippen LogP contribution in [0, 0.1) is 5.41 Å². The Bertz CT molecular complexity index is 226. The predicted octanol–water partition coefficient (Wildman–Crippen LogP) is 1.57. The third kappa shape index (κ3) is 4.41. The number of thioether (sulfide) groups is 1. The van der Waals surface area contributed by atoms with E-state index < -0.39 is 0 Å². The third-order valence-electron chi connectivity index (χ3n) is 4.46. The van der Waals surface area contributed by atoms with Crippen molar-refractivity contribution < 1.29 is 5.11 Å². The Morgan fingerprint density at radius 3 is 2.50 bits per heavy atom. The zero-order valence-corrected chi connectivity index (χ0v) is 12.3. The van der Waals surface area contributed by atoms with Crippen LogP contribution in [0.15, 0.2) is 0 Å². The van der Waals surface area contributed by atoms with E-state index in [0.29, 0.717) is 6.61 Å². The van der Waals surface area contributed by atoms with Gasteiger partial charge in [-0.2, -0.15) is 11.8 Å². The summed E-state index contributed by atoms with van der Waals surface area (Å²) in [7, 11) is 0. The van der Waals surface area contributed by atoms with Gasteiger partial charge in [-0.05, 0) is 12.8 Å². The molecule has 2 N–H and O–H groups in total. The van der Waals surface area contributed by atoms with Crippen LogP contribution in [0.3, 0.4) is 0 Å². The Hall–Kier alpha value is 0.230. The molecule has 1 saturated carbocycles. The maximum absolute atomic E-state index is 9.64. The van der Waals surface area contributed by atoms with Crippen LogP contribution in [-0.2, 0) is 0 Å². The van der Waals surface area contributed by atoms with Gasteiger partial charge in [0, 0.05) is 56.3 Å². The lowest BCUT2D eigenvalue weighted by Gasteiger charge is -2.36. The zero-order chi connectivity index (χ0) is 12.7. The topological polar surface area (TPSA) is 35.5 Å². The Balaban J connectivity index is 1.61. The second-order valence-electron chi connectivity index (χ2n) is 5.85. The maximum atomic E-state index is 9.64. The van der Waals surface area contributed by atoms with Crippen molar-refractivity contribution in [2.75, 3.05) is 50.8 Å². The Kier molecular flexibility index (Phi) is 6.29. The summed E-state index contributed by atoms with van der Waals surface area (Å²) in [5.41, 5.74) is 0.190. The van der Waals surface area contributed by atoms with E-state index in [2.05, 4.69) is 22.0 Å². The smallest absolute Gasteiger partial charge is 0.0499 e. The SMILES string of the molecule is OCC1(CNCCN2CCSCC2)CCCCC1. The molecule has 3 nitrogen and oxygen atoms in total. The van der Waals surface area contributed by atoms with Crippen LogP contribution in [0.25, 0.3) is 0 Å². The maximum Gasteiger partial charge on any atom is 0.0499 e. The van der Waals surface area contributed by atoms with Crippen molar-refractivity contribution in [2.45, 2.75) is 32.1 Å². The lowest BCUT2D eigenvalue weighted by molar-refractivity contribution is 0.0807. The Morgan fingerprint density at radius 2 is 1.83 bits per heavy atom. The van der Waals surface area contributed by atoms with E-state index in [-0.39, 0.29) is 5.41 Å². The van der Waals surface area contributed by atoms with E-state index in [4.69, 9.17) is 0 Å². The average Bonchev–Trinajstić information content (AvgIpc) is 2.46. The quantitative estimate of drug-likeness (QED) is 0.720. The van der Waals surface area contributed by atoms with Crippen molar-refractivity contribution >= 4 is 11.8 Å². The number of hydrogen-bond acceptors (Lipinski definition) is 4. The molecule has 2 rings (SSSR count). The van der Waals surface area contributed by atoms with E-state index in [9.17, 15) is 5.11 Å². The highest BCUT2D eigenvalue weighted by atomic mass is 32.2. The van der Waals surface area contributed by atoms with Gasteiger partial charge in [0.2, 0.25) is 0 Å². The fourth-order valence-corrected chi connectivity index (χ4v) is 4.09. The first-order chi connectivity index (χ1) is 8.85. The number of nitrogens with one attached hydrogen (secondary N) is 1. The first kappa shape index (κ1) is 14.6. The standard InChI is InChI=1S/C14H28N2OS/c17-13-14(4-2-1-3-5-14)12-15-6-7-16-8-10-18-11-9-16/h15,17H,1-13H2. The molecular weight excluding hydrogens is 244 g/mol. The molecule has 0 spiro atoms. The normalized spacial score (nSPS) is 25.2. The molecular formula is C14H28N2OS. The van der Waals surface area contributed by atoms with Gasteiger partial charge in [0.1, 0.15) is 0 Å². The molecule has 1 aliphatic carbocycles. The molecule has 0 aromatic heterocycles. The second-order valence-corrected chi connectivity index (χ2v) is 7.07. The molecule has 0 radical (unpaired) electrons. The first-order valence-corrected chi connectivity index (χ1v) is 8.62. The van der Waals surface area contributed by atoms with Crippen LogP contribution in [0.1, 0.15) is 32.1 Å². The van der Waals surface area contributed by atoms with Gasteiger partial charge < -0.3 is 15.3 Å². The first-order valence-electron chi connectivity index (χ1n) is 7.46. The van der Waals surface area contributed by atoms with Crippen LogP contribution in [0.2, 0.25) is 0 Å². The van der Waals surface area contributed by atoms with Gasteiger partial charge in [-0.15, -0.1) is 0 Å². The van der Waals surface area contributed by atoms with Crippen LogP contribution in [0.5, 0.6) is 0 Å². The van der Waals surface area contributed by atoms with Crippen molar-refractivity contribution in [3.63, 3.8) is 0 Å². The minimum atomic E-state index is 0.190. The highest BCUT2D eigenvalue weighted by molar-refractivity contribution is 7.99. The van der Waals surface area contributed by atoms with Crippen molar-refractivity contribution in [3.8, 4) is 0 Å². The van der Waals surface area contributed by atoms with Crippen molar-refractivity contribution in [3.05, 3.63) is 0 Å². The summed E-state index contributed by atoms with van der Waals surface area (Å²) in [6.07, 6.45) is 6.36. The van der Waals surface area contributed by atoms with Gasteiger partial charge in [-0.1, -0.05) is 19.3 Å². The molecule has 0 bridgehead atoms. The molecule has 2 fully saturated rings. The summed E-state index contributed by atoms with van der Waals surface area (Å²) in [6, 6.07) is 0. The number of hydrogen-bond donors (Lipinski definition) is 2. The highest BCUT2D eigenvalue weighted by Crippen LogP contribution is 2.35. The molecule has 1 heterocycles. The van der Waals surface area contributed by atoms with Crippen LogP contribution in [0.4, 0.5) is 0 Å². The van der Waals surface area contributed by atoms with Crippen molar-refractivity contribution in [1.82, 2.24) is 10.2 Å². The van der Waals surface area contributed by atoms with Gasteiger partial charge in [-0.3, -0.25) is 0 Å². The molecule has 0 atom stereocenters. The third-order valence-corrected chi connectivity index (χ3v) is 5.40. The van der Waals surface area contributed by atoms with Crippen LogP contribution in [-0.4, -0.2) is 60.8 Å². The molecule has 1 saturated heterocycles. The van der Waals surface area contributed by atoms with Crippen LogP contribution >= 0.6 is 11.8 Å². The van der Waals surface area contributed by atoms with Gasteiger partial charge >= 0.3 is 0 Å². The summed E-state index contributed by atoms with van der Waals surface area (Å²) in [5.74, 6) is 2.58. The summed E-state index contributed by atoms with van der Waals surface area (Å²) in [6.45, 7) is 6.11. The van der Waals surface area contributed by atoms with E-state index in [1.165, 1.54) is 63.2 Å². The summed E-state index contributed by atoms with van der Waals surface area (Å²) in [5, 5.41) is 13.2. The van der Waals surface area contributed by atoms with Crippen molar-refractivity contribution in [1.29, 1.82) is 0 Å². The van der Waals surface area contributed by atoms with Crippen LogP contribution < -0.4 is 5.32 Å². The average molecular weight is 272 g/mol. The van der Waals surface area contributed by atoms with E-state index in [0.717, 1.165) is 13.1 Å². The molecule has 1 aliphatic heterocycles. The molecule has 0 amide bonds. The van der Waals surface area contributed by atoms with E-state index in [1.807, 2.05) is 0 Å². The monoisotopic (exact) mass is 272 g/mol. The van der Waals surface area contributed by atoms with E-state index >= 15 is 0 Å². The highest BCUT2D eigenvalue weighted by Gasteiger charge is 2.30. The fraction of sp³-hybridized carbons (Fsp3) is 1.00. The van der Waals surface area contributed by atoms with E-state index in [1.54, 1.807) is 0 Å². The predicted molar refractivity (Wildman–Crippen MR) is 79.2 cm³/mol. The molecule has 0 aromatic carbocycles. The molecule has 18 heavy (non-hydrogen) atoms. The van der Waals surface area contributed by atoms with Gasteiger partial charge in [0.25, 0.3) is 0 Å². The minimum Gasteiger partial charge on any atom is -0.396 e. The lowest BCUT2D eigenvalue weighted by atomic mass is 9.74. The fourth-order valence-electron chi connectivity index (χ4n) is 3.11. The van der Waals surface area contributed by atoms with Gasteiger partial charge in [0.15, 0.2) is 0 Å². The molecule has 4 heteroatoms. The lowest BCUT2D eigenvalue weighted by Crippen LogP contribution is -2.43. The Labute approximate surface area is 116 Å². The summed E-state index contributed by atoms with van der Waals surface area (Å²) in [4.78, 5) is 2.55. The number of aliphatic hydroxyl groups excluding tert-OH is 1. The Morgan fingerprint density at radius 1 is 1.11 bits per heavy atom. The van der Waals surface area contributed by atoms with Crippen molar-refractivity contribution in [2.24, 2.45) is 5.41 Å². The second kappa shape index (κ2) is 7.73. The molecule has 106 valence electrons. The number of nitrogens with zero attached hydrogens (tertiary/aromatic N) is 1. The summed E-state index contributed by atoms with van der Waals surface area (Å²) >= 11 is 2.07. The van der Waals surface area contributed by atoms with Gasteiger partial charge in [-0.25, -0.2) is 0 Å². The zero-order valence-electron chi connectivity index (χ0n) is 11.5. The molecule has 0 aromatic rings. The minimum absolute atomic E-state index is 0.190. The number of aliphatic hydroxyl groups is 1. The summed E-state index contributed by atoms with van der Waals surface area (Å²) < 4.78 is 0. The largest absolute Gasteiger partial charge is 0.396 e. The number of rotatable bonds is 6. The molecule has 0 unspecified atom stereocenters.